The van der Waals surface area contributed by atoms with E-state index >= 15 is 0 Å². The van der Waals surface area contributed by atoms with Gasteiger partial charge in [0.05, 0.1) is 7.11 Å². The number of carbonyl (C=O) groups is 1. The molecule has 2 aliphatic rings. The van der Waals surface area contributed by atoms with E-state index < -0.39 is 0 Å². The highest BCUT2D eigenvalue weighted by atomic mass is 16.5. The van der Waals surface area contributed by atoms with Crippen molar-refractivity contribution in [2.45, 2.75) is 45.6 Å². The third-order valence-corrected chi connectivity index (χ3v) is 5.48. The number of rotatable bonds is 4. The van der Waals surface area contributed by atoms with Gasteiger partial charge in [-0.1, -0.05) is 0 Å². The summed E-state index contributed by atoms with van der Waals surface area (Å²) in [6.45, 7) is 7.76. The third-order valence-electron chi connectivity index (χ3n) is 5.48. The summed E-state index contributed by atoms with van der Waals surface area (Å²) in [4.78, 5) is 15.6. The highest BCUT2D eigenvalue weighted by Gasteiger charge is 2.31. The lowest BCUT2D eigenvalue weighted by Crippen LogP contribution is -2.46. The molecule has 0 aromatic heterocycles. The quantitative estimate of drug-likeness (QED) is 0.793. The van der Waals surface area contributed by atoms with Crippen LogP contribution in [-0.4, -0.2) is 50.1 Å². The first-order chi connectivity index (χ1) is 11.6. The molecule has 0 bridgehead atoms. The zero-order valence-electron chi connectivity index (χ0n) is 15.1. The number of nitrogens with zero attached hydrogens (tertiary/aromatic N) is 1. The molecule has 132 valence electrons. The fourth-order valence-corrected chi connectivity index (χ4v) is 4.25. The number of hydrogen-bond donors (Lipinski definition) is 0. The largest absolute Gasteiger partial charge is 0.496 e. The molecule has 0 aliphatic carbocycles. The molecule has 0 amide bonds. The Morgan fingerprint density at radius 3 is 2.46 bits per heavy atom. The Morgan fingerprint density at radius 2 is 1.83 bits per heavy atom. The molecule has 2 aliphatic heterocycles. The van der Waals surface area contributed by atoms with Crippen LogP contribution in [0, 0.1) is 19.8 Å². The van der Waals surface area contributed by atoms with Crippen LogP contribution in [0.2, 0.25) is 0 Å². The molecule has 1 aromatic carbocycles. The van der Waals surface area contributed by atoms with E-state index in [0.29, 0.717) is 11.8 Å². The van der Waals surface area contributed by atoms with Gasteiger partial charge in [-0.15, -0.1) is 0 Å². The van der Waals surface area contributed by atoms with Crippen molar-refractivity contribution in [1.29, 1.82) is 0 Å². The summed E-state index contributed by atoms with van der Waals surface area (Å²) in [5, 5.41) is 0. The van der Waals surface area contributed by atoms with Gasteiger partial charge in [0, 0.05) is 37.3 Å². The molecule has 4 nitrogen and oxygen atoms in total. The van der Waals surface area contributed by atoms with Crippen molar-refractivity contribution in [2.75, 3.05) is 33.4 Å². The molecule has 2 fully saturated rings. The molecule has 1 atom stereocenters. The summed E-state index contributed by atoms with van der Waals surface area (Å²) >= 11 is 0. The normalized spacial score (nSPS) is 23.2. The highest BCUT2D eigenvalue weighted by molar-refractivity contribution is 5.98. The van der Waals surface area contributed by atoms with Gasteiger partial charge in [-0.25, -0.2) is 0 Å². The van der Waals surface area contributed by atoms with Crippen LogP contribution in [-0.2, 0) is 4.74 Å². The van der Waals surface area contributed by atoms with Gasteiger partial charge < -0.3 is 9.47 Å². The number of methoxy groups -OCH3 is 1. The number of ketones is 1. The van der Waals surface area contributed by atoms with Gasteiger partial charge in [0.1, 0.15) is 5.75 Å². The second-order valence-electron chi connectivity index (χ2n) is 7.19. The molecule has 24 heavy (non-hydrogen) atoms. The lowest BCUT2D eigenvalue weighted by Gasteiger charge is -2.39. The van der Waals surface area contributed by atoms with E-state index in [0.717, 1.165) is 74.4 Å². The Balaban J connectivity index is 1.72. The van der Waals surface area contributed by atoms with Crippen LogP contribution in [0.1, 0.15) is 47.2 Å². The Bertz CT molecular complexity index is 570. The summed E-state index contributed by atoms with van der Waals surface area (Å²) in [5.74, 6) is 1.30. The second-order valence-corrected chi connectivity index (χ2v) is 7.19. The van der Waals surface area contributed by atoms with E-state index in [-0.39, 0.29) is 5.92 Å². The Kier molecular flexibility index (Phi) is 5.57. The highest BCUT2D eigenvalue weighted by Crippen LogP contribution is 2.29. The van der Waals surface area contributed by atoms with Gasteiger partial charge in [0.2, 0.25) is 0 Å². The predicted molar refractivity (Wildman–Crippen MR) is 94.9 cm³/mol. The second kappa shape index (κ2) is 7.66. The Labute approximate surface area is 145 Å². The number of piperidine rings is 1. The van der Waals surface area contributed by atoms with Crippen LogP contribution < -0.4 is 4.74 Å². The van der Waals surface area contributed by atoms with E-state index in [2.05, 4.69) is 4.90 Å². The minimum Gasteiger partial charge on any atom is -0.496 e. The lowest BCUT2D eigenvalue weighted by atomic mass is 9.87. The van der Waals surface area contributed by atoms with Gasteiger partial charge in [0.15, 0.2) is 5.78 Å². The zero-order valence-corrected chi connectivity index (χ0v) is 15.1. The van der Waals surface area contributed by atoms with Crippen molar-refractivity contribution in [3.63, 3.8) is 0 Å². The number of Topliss-reactive ketones (excluding diaryl/α,β-unsaturated/α-hetero) is 1. The first-order valence-corrected chi connectivity index (χ1v) is 9.11. The number of hydrogen-bond acceptors (Lipinski definition) is 4. The standard InChI is InChI=1S/C20H29NO3/c1-14-11-17(12-15(2)20(14)23-3)19(22)16-5-4-8-21(13-16)18-6-9-24-10-7-18/h11-12,16,18H,4-10,13H2,1-3H3/t16-/m1/s1. The number of aryl methyl sites for hydroxylation is 2. The SMILES string of the molecule is COc1c(C)cc(C(=O)[C@@H]2CCCN(C3CCOCC3)C2)cc1C. The monoisotopic (exact) mass is 331 g/mol. The van der Waals surface area contributed by atoms with Crippen molar-refractivity contribution in [1.82, 2.24) is 4.90 Å². The van der Waals surface area contributed by atoms with E-state index in [4.69, 9.17) is 9.47 Å². The number of likely N-dealkylation sites (tertiary alicyclic amines) is 1. The van der Waals surface area contributed by atoms with Crippen molar-refractivity contribution in [2.24, 2.45) is 5.92 Å². The molecule has 0 N–H and O–H groups in total. The number of carbonyl (C=O) groups excluding carboxylic acids is 1. The van der Waals surface area contributed by atoms with Crippen LogP contribution in [0.5, 0.6) is 5.75 Å². The van der Waals surface area contributed by atoms with Crippen LogP contribution in [0.3, 0.4) is 0 Å². The lowest BCUT2D eigenvalue weighted by molar-refractivity contribution is 0.0183. The van der Waals surface area contributed by atoms with Crippen LogP contribution >= 0.6 is 0 Å². The van der Waals surface area contributed by atoms with Crippen molar-refractivity contribution >= 4 is 5.78 Å². The fourth-order valence-electron chi connectivity index (χ4n) is 4.25. The summed E-state index contributed by atoms with van der Waals surface area (Å²) in [7, 11) is 1.68. The van der Waals surface area contributed by atoms with Crippen LogP contribution in [0.15, 0.2) is 12.1 Å². The first-order valence-electron chi connectivity index (χ1n) is 9.11. The molecule has 2 heterocycles. The average molecular weight is 331 g/mol. The van der Waals surface area contributed by atoms with Crippen LogP contribution in [0.4, 0.5) is 0 Å². The Morgan fingerprint density at radius 1 is 1.17 bits per heavy atom. The van der Waals surface area contributed by atoms with Gasteiger partial charge in [-0.3, -0.25) is 9.69 Å². The molecule has 0 unspecified atom stereocenters. The molecule has 0 radical (unpaired) electrons. The molecular formula is C20H29NO3. The maximum atomic E-state index is 13.0. The fraction of sp³-hybridized carbons (Fsp3) is 0.650. The van der Waals surface area contributed by atoms with Crippen molar-refractivity contribution in [3.05, 3.63) is 28.8 Å². The van der Waals surface area contributed by atoms with Gasteiger partial charge in [-0.2, -0.15) is 0 Å². The van der Waals surface area contributed by atoms with E-state index in [1.807, 2.05) is 26.0 Å². The predicted octanol–water partition coefficient (Wildman–Crippen LogP) is 3.39. The molecule has 2 saturated heterocycles. The maximum absolute atomic E-state index is 13.0. The van der Waals surface area contributed by atoms with Gasteiger partial charge >= 0.3 is 0 Å². The topological polar surface area (TPSA) is 38.8 Å². The molecular weight excluding hydrogens is 302 g/mol. The zero-order chi connectivity index (χ0) is 17.1. The van der Waals surface area contributed by atoms with Gasteiger partial charge in [0.25, 0.3) is 0 Å². The summed E-state index contributed by atoms with van der Waals surface area (Å²) in [5.41, 5.74) is 2.92. The van der Waals surface area contributed by atoms with Gasteiger partial charge in [-0.05, 0) is 69.3 Å². The number of benzene rings is 1. The number of ether oxygens (including phenoxy) is 2. The Hall–Kier alpha value is -1.39. The first kappa shape index (κ1) is 17.4. The van der Waals surface area contributed by atoms with E-state index in [1.165, 1.54) is 0 Å². The van der Waals surface area contributed by atoms with Crippen LogP contribution in [0.25, 0.3) is 0 Å². The van der Waals surface area contributed by atoms with E-state index in [1.54, 1.807) is 7.11 Å². The molecule has 4 heteroatoms. The van der Waals surface area contributed by atoms with Crippen molar-refractivity contribution < 1.29 is 14.3 Å². The molecule has 1 aromatic rings. The average Bonchev–Trinajstić information content (AvgIpc) is 2.61. The smallest absolute Gasteiger partial charge is 0.167 e. The third kappa shape index (κ3) is 3.65. The molecule has 3 rings (SSSR count). The van der Waals surface area contributed by atoms with Crippen molar-refractivity contribution in [3.8, 4) is 5.75 Å². The maximum Gasteiger partial charge on any atom is 0.167 e. The molecule has 0 spiro atoms. The minimum atomic E-state index is 0.119. The summed E-state index contributed by atoms with van der Waals surface area (Å²) in [6.07, 6.45) is 4.31. The summed E-state index contributed by atoms with van der Waals surface area (Å²) < 4.78 is 10.9. The van der Waals surface area contributed by atoms with E-state index in [9.17, 15) is 4.79 Å². The summed E-state index contributed by atoms with van der Waals surface area (Å²) in [6, 6.07) is 4.57. The molecule has 0 saturated carbocycles. The minimum absolute atomic E-state index is 0.119.